The van der Waals surface area contributed by atoms with E-state index < -0.39 is 0 Å². The fourth-order valence-electron chi connectivity index (χ4n) is 1.93. The van der Waals surface area contributed by atoms with Gasteiger partial charge in [0.1, 0.15) is 0 Å². The SMILES string of the molecule is CC(C)Cn1c(C(C)(C)C)ccc(CCl)c1=O. The molecule has 0 aliphatic carbocycles. The summed E-state index contributed by atoms with van der Waals surface area (Å²) in [5.74, 6) is 0.723. The molecule has 1 aromatic rings. The molecule has 0 bridgehead atoms. The molecule has 0 aliphatic heterocycles. The molecule has 2 nitrogen and oxygen atoms in total. The van der Waals surface area contributed by atoms with E-state index in [-0.39, 0.29) is 16.9 Å². The fraction of sp³-hybridized carbons (Fsp3) is 0.643. The molecule has 0 radical (unpaired) electrons. The summed E-state index contributed by atoms with van der Waals surface area (Å²) in [7, 11) is 0. The minimum absolute atomic E-state index is 0.0289. The maximum atomic E-state index is 12.3. The van der Waals surface area contributed by atoms with Crippen molar-refractivity contribution in [2.45, 2.75) is 52.5 Å². The van der Waals surface area contributed by atoms with Gasteiger partial charge in [-0.1, -0.05) is 40.7 Å². The van der Waals surface area contributed by atoms with Crippen LogP contribution in [0.5, 0.6) is 0 Å². The van der Waals surface area contributed by atoms with E-state index in [2.05, 4.69) is 34.6 Å². The summed E-state index contributed by atoms with van der Waals surface area (Å²) < 4.78 is 1.88. The molecule has 0 N–H and O–H groups in total. The van der Waals surface area contributed by atoms with Gasteiger partial charge in [0.15, 0.2) is 0 Å². The summed E-state index contributed by atoms with van der Waals surface area (Å²) in [6.45, 7) is 11.4. The lowest BCUT2D eigenvalue weighted by molar-refractivity contribution is 0.446. The third-order valence-electron chi connectivity index (χ3n) is 2.71. The third kappa shape index (κ3) is 3.35. The average molecular weight is 256 g/mol. The van der Waals surface area contributed by atoms with Gasteiger partial charge in [0.05, 0.1) is 5.88 Å². The summed E-state index contributed by atoms with van der Waals surface area (Å²) in [5.41, 5.74) is 1.78. The van der Waals surface area contributed by atoms with Gasteiger partial charge in [0, 0.05) is 23.2 Å². The maximum Gasteiger partial charge on any atom is 0.255 e. The Morgan fingerprint density at radius 3 is 2.29 bits per heavy atom. The lowest BCUT2D eigenvalue weighted by atomic mass is 9.90. The lowest BCUT2D eigenvalue weighted by Crippen LogP contribution is -2.32. The van der Waals surface area contributed by atoms with Gasteiger partial charge >= 0.3 is 0 Å². The van der Waals surface area contributed by atoms with Crippen LogP contribution in [0.4, 0.5) is 0 Å². The Hall–Kier alpha value is -0.760. The molecule has 1 rings (SSSR count). The number of pyridine rings is 1. The van der Waals surface area contributed by atoms with E-state index in [4.69, 9.17) is 11.6 Å². The number of alkyl halides is 1. The Balaban J connectivity index is 3.42. The van der Waals surface area contributed by atoms with Crippen molar-refractivity contribution < 1.29 is 0 Å². The van der Waals surface area contributed by atoms with Crippen LogP contribution >= 0.6 is 11.6 Å². The number of hydrogen-bond acceptors (Lipinski definition) is 1. The zero-order valence-corrected chi connectivity index (χ0v) is 12.1. The molecule has 0 fully saturated rings. The highest BCUT2D eigenvalue weighted by Crippen LogP contribution is 2.22. The molecule has 96 valence electrons. The van der Waals surface area contributed by atoms with Crippen LogP contribution in [0.2, 0.25) is 0 Å². The molecular weight excluding hydrogens is 234 g/mol. The molecule has 0 spiro atoms. The highest BCUT2D eigenvalue weighted by Gasteiger charge is 2.20. The highest BCUT2D eigenvalue weighted by molar-refractivity contribution is 6.17. The van der Waals surface area contributed by atoms with Gasteiger partial charge in [0.2, 0.25) is 0 Å². The van der Waals surface area contributed by atoms with E-state index in [1.165, 1.54) is 0 Å². The normalized spacial score (nSPS) is 12.2. The standard InChI is InChI=1S/C14H22ClNO/c1-10(2)9-16-12(14(3,4)5)7-6-11(8-15)13(16)17/h6-7,10H,8-9H2,1-5H3. The van der Waals surface area contributed by atoms with Gasteiger partial charge in [-0.2, -0.15) is 0 Å². The Kier molecular flexibility index (Phi) is 4.42. The van der Waals surface area contributed by atoms with Crippen LogP contribution in [0.25, 0.3) is 0 Å². The molecule has 0 saturated heterocycles. The van der Waals surface area contributed by atoms with Crippen molar-refractivity contribution in [2.75, 3.05) is 0 Å². The van der Waals surface area contributed by atoms with Crippen molar-refractivity contribution in [3.8, 4) is 0 Å². The largest absolute Gasteiger partial charge is 0.312 e. The predicted octanol–water partition coefficient (Wildman–Crippen LogP) is 3.54. The van der Waals surface area contributed by atoms with E-state index in [1.807, 2.05) is 16.7 Å². The topological polar surface area (TPSA) is 22.0 Å². The first-order valence-corrected chi connectivity index (χ1v) is 6.60. The van der Waals surface area contributed by atoms with Crippen LogP contribution in [0, 0.1) is 5.92 Å². The third-order valence-corrected chi connectivity index (χ3v) is 3.00. The summed E-state index contributed by atoms with van der Waals surface area (Å²) in [6.07, 6.45) is 0. The highest BCUT2D eigenvalue weighted by atomic mass is 35.5. The molecular formula is C14H22ClNO. The lowest BCUT2D eigenvalue weighted by Gasteiger charge is -2.25. The number of rotatable bonds is 3. The van der Waals surface area contributed by atoms with Crippen LogP contribution in [0.15, 0.2) is 16.9 Å². The second-order valence-corrected chi connectivity index (χ2v) is 6.20. The van der Waals surface area contributed by atoms with Crippen LogP contribution in [0.1, 0.15) is 45.9 Å². The molecule has 3 heteroatoms. The summed E-state index contributed by atoms with van der Waals surface area (Å²) in [4.78, 5) is 12.3. The van der Waals surface area contributed by atoms with E-state index in [0.29, 0.717) is 11.5 Å². The number of halogens is 1. The minimum Gasteiger partial charge on any atom is -0.312 e. The Morgan fingerprint density at radius 2 is 1.88 bits per heavy atom. The predicted molar refractivity (Wildman–Crippen MR) is 73.8 cm³/mol. The molecule has 0 saturated carbocycles. The quantitative estimate of drug-likeness (QED) is 0.758. The van der Waals surface area contributed by atoms with Gasteiger partial charge in [-0.3, -0.25) is 4.79 Å². The minimum atomic E-state index is -0.0289. The maximum absolute atomic E-state index is 12.3. The first kappa shape index (κ1) is 14.3. The van der Waals surface area contributed by atoms with Crippen molar-refractivity contribution in [1.29, 1.82) is 0 Å². The van der Waals surface area contributed by atoms with Gasteiger partial charge in [-0.05, 0) is 12.0 Å². The first-order valence-electron chi connectivity index (χ1n) is 6.06. The molecule has 0 aromatic carbocycles. The summed E-state index contributed by atoms with van der Waals surface area (Å²) >= 11 is 5.79. The second kappa shape index (κ2) is 5.26. The van der Waals surface area contributed by atoms with Crippen LogP contribution in [0.3, 0.4) is 0 Å². The van der Waals surface area contributed by atoms with Crippen molar-refractivity contribution in [3.05, 3.63) is 33.7 Å². The van der Waals surface area contributed by atoms with Crippen LogP contribution in [-0.4, -0.2) is 4.57 Å². The number of hydrogen-bond donors (Lipinski definition) is 0. The number of nitrogens with zero attached hydrogens (tertiary/aromatic N) is 1. The Bertz CT molecular complexity index is 441. The first-order chi connectivity index (χ1) is 7.77. The van der Waals surface area contributed by atoms with Gasteiger partial charge < -0.3 is 4.57 Å². The molecule has 0 unspecified atom stereocenters. The second-order valence-electron chi connectivity index (χ2n) is 5.94. The van der Waals surface area contributed by atoms with E-state index >= 15 is 0 Å². The molecule has 1 aromatic heterocycles. The van der Waals surface area contributed by atoms with Crippen LogP contribution in [-0.2, 0) is 17.8 Å². The summed E-state index contributed by atoms with van der Waals surface area (Å²) in [5, 5.41) is 0. The summed E-state index contributed by atoms with van der Waals surface area (Å²) in [6, 6.07) is 3.88. The van der Waals surface area contributed by atoms with E-state index in [0.717, 1.165) is 12.2 Å². The average Bonchev–Trinajstić information content (AvgIpc) is 2.18. The van der Waals surface area contributed by atoms with Crippen molar-refractivity contribution in [2.24, 2.45) is 5.92 Å². The Morgan fingerprint density at radius 1 is 1.29 bits per heavy atom. The number of aromatic nitrogens is 1. The zero-order chi connectivity index (χ0) is 13.2. The van der Waals surface area contributed by atoms with Gasteiger partial charge in [0.25, 0.3) is 5.56 Å². The fourth-order valence-corrected chi connectivity index (χ4v) is 2.13. The van der Waals surface area contributed by atoms with Crippen molar-refractivity contribution >= 4 is 11.6 Å². The van der Waals surface area contributed by atoms with Crippen LogP contribution < -0.4 is 5.56 Å². The molecule has 17 heavy (non-hydrogen) atoms. The van der Waals surface area contributed by atoms with Crippen molar-refractivity contribution in [3.63, 3.8) is 0 Å². The molecule has 1 heterocycles. The Labute approximate surface area is 109 Å². The smallest absolute Gasteiger partial charge is 0.255 e. The van der Waals surface area contributed by atoms with E-state index in [1.54, 1.807) is 0 Å². The monoisotopic (exact) mass is 255 g/mol. The van der Waals surface area contributed by atoms with E-state index in [9.17, 15) is 4.79 Å². The molecule has 0 aliphatic rings. The van der Waals surface area contributed by atoms with Crippen molar-refractivity contribution in [1.82, 2.24) is 4.57 Å². The molecule has 0 amide bonds. The zero-order valence-electron chi connectivity index (χ0n) is 11.4. The molecule has 0 atom stereocenters. The van der Waals surface area contributed by atoms with Gasteiger partial charge in [-0.25, -0.2) is 0 Å². The van der Waals surface area contributed by atoms with Gasteiger partial charge in [-0.15, -0.1) is 11.6 Å².